The summed E-state index contributed by atoms with van der Waals surface area (Å²) in [6.45, 7) is 1.78. The molecule has 0 unspecified atom stereocenters. The maximum absolute atomic E-state index is 11.6. The normalized spacial score (nSPS) is 9.83. The Balaban J connectivity index is 2.06. The van der Waals surface area contributed by atoms with Crippen molar-refractivity contribution < 1.29 is 14.3 Å². The van der Waals surface area contributed by atoms with E-state index in [0.29, 0.717) is 22.7 Å². The van der Waals surface area contributed by atoms with Crippen molar-refractivity contribution in [2.75, 3.05) is 5.73 Å². The highest BCUT2D eigenvalue weighted by molar-refractivity contribution is 5.69. The van der Waals surface area contributed by atoms with Crippen LogP contribution in [0.2, 0.25) is 0 Å². The van der Waals surface area contributed by atoms with Crippen molar-refractivity contribution >= 4 is 11.8 Å². The molecule has 0 aliphatic rings. The maximum Gasteiger partial charge on any atom is 0.519 e. The number of hydrogen-bond acceptors (Lipinski definition) is 4. The van der Waals surface area contributed by atoms with E-state index in [1.807, 2.05) is 6.07 Å². The number of carbonyl (C=O) groups is 1. The molecule has 0 aliphatic heterocycles. The Bertz CT molecular complexity index is 552. The fraction of sp³-hybridized carbons (Fsp3) is 0.0714. The Kier molecular flexibility index (Phi) is 3.48. The van der Waals surface area contributed by atoms with Crippen LogP contribution < -0.4 is 15.2 Å². The predicted octanol–water partition coefficient (Wildman–Crippen LogP) is 3.16. The van der Waals surface area contributed by atoms with Crippen LogP contribution in [0, 0.1) is 6.92 Å². The molecule has 2 rings (SSSR count). The summed E-state index contributed by atoms with van der Waals surface area (Å²) in [6, 6.07) is 13.8. The van der Waals surface area contributed by atoms with Gasteiger partial charge >= 0.3 is 6.16 Å². The van der Waals surface area contributed by atoms with E-state index >= 15 is 0 Å². The molecule has 0 bridgehead atoms. The van der Waals surface area contributed by atoms with Crippen LogP contribution in [0.15, 0.2) is 48.5 Å². The highest BCUT2D eigenvalue weighted by Gasteiger charge is 2.10. The second-order valence-corrected chi connectivity index (χ2v) is 3.74. The minimum atomic E-state index is -0.782. The highest BCUT2D eigenvalue weighted by Crippen LogP contribution is 2.23. The Morgan fingerprint density at radius 2 is 1.72 bits per heavy atom. The molecule has 4 nitrogen and oxygen atoms in total. The third kappa shape index (κ3) is 2.79. The van der Waals surface area contributed by atoms with Crippen LogP contribution in [0.4, 0.5) is 10.5 Å². The van der Waals surface area contributed by atoms with Crippen molar-refractivity contribution in [2.24, 2.45) is 0 Å². The van der Waals surface area contributed by atoms with E-state index < -0.39 is 6.16 Å². The number of benzene rings is 2. The lowest BCUT2D eigenvalue weighted by Gasteiger charge is -2.08. The second kappa shape index (κ2) is 5.23. The van der Waals surface area contributed by atoms with E-state index in [1.165, 1.54) is 0 Å². The zero-order valence-electron chi connectivity index (χ0n) is 9.92. The molecular formula is C14H13NO3. The predicted molar refractivity (Wildman–Crippen MR) is 68.7 cm³/mol. The molecule has 92 valence electrons. The summed E-state index contributed by atoms with van der Waals surface area (Å²) in [6.07, 6.45) is -0.782. The van der Waals surface area contributed by atoms with Gasteiger partial charge in [0.25, 0.3) is 0 Å². The van der Waals surface area contributed by atoms with Crippen LogP contribution in [0.5, 0.6) is 11.5 Å². The van der Waals surface area contributed by atoms with Gasteiger partial charge in [0.15, 0.2) is 0 Å². The average Bonchev–Trinajstić information content (AvgIpc) is 2.36. The zero-order chi connectivity index (χ0) is 13.0. The summed E-state index contributed by atoms with van der Waals surface area (Å²) in [7, 11) is 0. The van der Waals surface area contributed by atoms with Crippen molar-refractivity contribution in [1.29, 1.82) is 0 Å². The van der Waals surface area contributed by atoms with Gasteiger partial charge < -0.3 is 15.2 Å². The molecule has 0 aromatic heterocycles. The number of anilines is 1. The molecule has 0 saturated carbocycles. The lowest BCUT2D eigenvalue weighted by Crippen LogP contribution is -2.14. The fourth-order valence-electron chi connectivity index (χ4n) is 1.44. The van der Waals surface area contributed by atoms with E-state index in [0.717, 1.165) is 0 Å². The molecule has 4 heteroatoms. The molecule has 0 atom stereocenters. The van der Waals surface area contributed by atoms with E-state index in [2.05, 4.69) is 0 Å². The quantitative estimate of drug-likeness (QED) is 0.500. The Hall–Kier alpha value is -2.49. The van der Waals surface area contributed by atoms with Crippen LogP contribution in [0.25, 0.3) is 0 Å². The second-order valence-electron chi connectivity index (χ2n) is 3.74. The largest absolute Gasteiger partial charge is 0.519 e. The molecule has 0 spiro atoms. The minimum absolute atomic E-state index is 0.399. The van der Waals surface area contributed by atoms with Gasteiger partial charge in [-0.2, -0.15) is 0 Å². The van der Waals surface area contributed by atoms with E-state index in [9.17, 15) is 4.79 Å². The van der Waals surface area contributed by atoms with E-state index in [1.54, 1.807) is 49.4 Å². The zero-order valence-corrected chi connectivity index (χ0v) is 9.92. The van der Waals surface area contributed by atoms with Crippen LogP contribution >= 0.6 is 0 Å². The summed E-state index contributed by atoms with van der Waals surface area (Å²) >= 11 is 0. The van der Waals surface area contributed by atoms with E-state index in [4.69, 9.17) is 15.2 Å². The molecule has 18 heavy (non-hydrogen) atoms. The first kappa shape index (κ1) is 12.0. The van der Waals surface area contributed by atoms with Gasteiger partial charge in [-0.25, -0.2) is 4.79 Å². The van der Waals surface area contributed by atoms with Gasteiger partial charge in [-0.15, -0.1) is 0 Å². The van der Waals surface area contributed by atoms with Crippen LogP contribution in [-0.4, -0.2) is 6.16 Å². The van der Waals surface area contributed by atoms with Gasteiger partial charge in [0, 0.05) is 11.3 Å². The van der Waals surface area contributed by atoms with Crippen molar-refractivity contribution in [2.45, 2.75) is 6.92 Å². The Labute approximate surface area is 105 Å². The molecule has 2 aromatic carbocycles. The standard InChI is InChI=1S/C14H13NO3/c1-10-12(15)8-5-9-13(10)18-14(16)17-11-6-3-2-4-7-11/h2-9H,15H2,1H3. The molecule has 0 saturated heterocycles. The molecule has 0 heterocycles. The van der Waals surface area contributed by atoms with Crippen molar-refractivity contribution in [3.63, 3.8) is 0 Å². The van der Waals surface area contributed by atoms with Gasteiger partial charge in [0.05, 0.1) is 0 Å². The summed E-state index contributed by atoms with van der Waals surface area (Å²) in [4.78, 5) is 11.6. The van der Waals surface area contributed by atoms with Crippen molar-refractivity contribution in [3.05, 3.63) is 54.1 Å². The van der Waals surface area contributed by atoms with Crippen LogP contribution in [0.3, 0.4) is 0 Å². The number of nitrogens with two attached hydrogens (primary N) is 1. The molecule has 2 N–H and O–H groups in total. The summed E-state index contributed by atoms with van der Waals surface area (Å²) in [5.74, 6) is 0.833. The average molecular weight is 243 g/mol. The van der Waals surface area contributed by atoms with Gasteiger partial charge in [-0.3, -0.25) is 0 Å². The summed E-state index contributed by atoms with van der Waals surface area (Å²) in [5, 5.41) is 0. The fourth-order valence-corrected chi connectivity index (χ4v) is 1.44. The van der Waals surface area contributed by atoms with Crippen molar-refractivity contribution in [1.82, 2.24) is 0 Å². The lowest BCUT2D eigenvalue weighted by atomic mass is 10.2. The minimum Gasteiger partial charge on any atom is -0.398 e. The number of carbonyl (C=O) groups excluding carboxylic acids is 1. The molecule has 0 fully saturated rings. The highest BCUT2D eigenvalue weighted by atomic mass is 16.7. The first-order chi connectivity index (χ1) is 8.66. The number of nitrogen functional groups attached to an aromatic ring is 1. The third-order valence-corrected chi connectivity index (χ3v) is 2.46. The first-order valence-electron chi connectivity index (χ1n) is 5.46. The van der Waals surface area contributed by atoms with Gasteiger partial charge in [0.1, 0.15) is 11.5 Å². The van der Waals surface area contributed by atoms with Gasteiger partial charge in [-0.1, -0.05) is 24.3 Å². The number of rotatable bonds is 2. The molecule has 0 aliphatic carbocycles. The smallest absolute Gasteiger partial charge is 0.398 e. The topological polar surface area (TPSA) is 61.5 Å². The Morgan fingerprint density at radius 1 is 1.00 bits per heavy atom. The van der Waals surface area contributed by atoms with Gasteiger partial charge in [0.2, 0.25) is 0 Å². The first-order valence-corrected chi connectivity index (χ1v) is 5.46. The number of para-hydroxylation sites is 1. The molecular weight excluding hydrogens is 230 g/mol. The SMILES string of the molecule is Cc1c(N)cccc1OC(=O)Oc1ccccc1. The van der Waals surface area contributed by atoms with Crippen LogP contribution in [-0.2, 0) is 0 Å². The molecule has 0 radical (unpaired) electrons. The maximum atomic E-state index is 11.6. The summed E-state index contributed by atoms with van der Waals surface area (Å²) in [5.41, 5.74) is 7.00. The Morgan fingerprint density at radius 3 is 2.44 bits per heavy atom. The molecule has 2 aromatic rings. The molecule has 0 amide bonds. The lowest BCUT2D eigenvalue weighted by molar-refractivity contribution is 0.151. The number of ether oxygens (including phenoxy) is 2. The van der Waals surface area contributed by atoms with Crippen LogP contribution in [0.1, 0.15) is 5.56 Å². The summed E-state index contributed by atoms with van der Waals surface area (Å²) < 4.78 is 10.1. The van der Waals surface area contributed by atoms with E-state index in [-0.39, 0.29) is 0 Å². The van der Waals surface area contributed by atoms with Crippen molar-refractivity contribution in [3.8, 4) is 11.5 Å². The van der Waals surface area contributed by atoms with Gasteiger partial charge in [-0.05, 0) is 31.2 Å². The third-order valence-electron chi connectivity index (χ3n) is 2.46. The monoisotopic (exact) mass is 243 g/mol. The number of hydrogen-bond donors (Lipinski definition) is 1.